The fraction of sp³-hybridized carbons (Fsp3) is 0.353. The molecule has 6 heteroatoms. The number of hydrogen-bond donors (Lipinski definition) is 2. The fourth-order valence-electron chi connectivity index (χ4n) is 1.71. The van der Waals surface area contributed by atoms with E-state index in [9.17, 15) is 14.4 Å². The van der Waals surface area contributed by atoms with Crippen LogP contribution in [0, 0.1) is 0 Å². The van der Waals surface area contributed by atoms with Gasteiger partial charge in [0.2, 0.25) is 5.91 Å². The first kappa shape index (κ1) is 18.4. The van der Waals surface area contributed by atoms with Crippen molar-refractivity contribution in [2.75, 3.05) is 13.1 Å². The van der Waals surface area contributed by atoms with Gasteiger partial charge in [0.1, 0.15) is 5.75 Å². The Bertz CT molecular complexity index is 608. The smallest absolute Gasteiger partial charge is 0.308 e. The molecule has 0 spiro atoms. The monoisotopic (exact) mass is 318 g/mol. The highest BCUT2D eigenvalue weighted by molar-refractivity contribution is 5.94. The predicted molar refractivity (Wildman–Crippen MR) is 87.1 cm³/mol. The summed E-state index contributed by atoms with van der Waals surface area (Å²) in [6.45, 7) is 5.80. The number of allylic oxidation sites excluding steroid dienone is 1. The molecule has 0 atom stereocenters. The van der Waals surface area contributed by atoms with Crippen molar-refractivity contribution in [3.63, 3.8) is 0 Å². The Kier molecular flexibility index (Phi) is 7.53. The summed E-state index contributed by atoms with van der Waals surface area (Å²) >= 11 is 0. The molecule has 1 rings (SSSR count). The summed E-state index contributed by atoms with van der Waals surface area (Å²) in [5.41, 5.74) is 1.38. The van der Waals surface area contributed by atoms with Gasteiger partial charge in [-0.15, -0.1) is 0 Å². The molecule has 0 saturated carbocycles. The molecule has 1 aromatic rings. The molecule has 0 radical (unpaired) electrons. The fourth-order valence-corrected chi connectivity index (χ4v) is 1.71. The van der Waals surface area contributed by atoms with E-state index in [1.54, 1.807) is 24.3 Å². The normalized spacial score (nSPS) is 10.8. The van der Waals surface area contributed by atoms with Gasteiger partial charge in [-0.25, -0.2) is 0 Å². The number of benzene rings is 1. The maximum absolute atomic E-state index is 12.0. The van der Waals surface area contributed by atoms with E-state index in [0.717, 1.165) is 12.0 Å². The Morgan fingerprint density at radius 3 is 2.48 bits per heavy atom. The zero-order valence-electron chi connectivity index (χ0n) is 13.6. The van der Waals surface area contributed by atoms with Crippen LogP contribution in [0.3, 0.4) is 0 Å². The zero-order chi connectivity index (χ0) is 17.2. The van der Waals surface area contributed by atoms with Crippen molar-refractivity contribution in [2.45, 2.75) is 27.2 Å². The molecule has 1 aromatic carbocycles. The van der Waals surface area contributed by atoms with Crippen LogP contribution < -0.4 is 15.4 Å². The van der Waals surface area contributed by atoms with Crippen LogP contribution in [-0.2, 0) is 9.59 Å². The molecule has 2 amide bonds. The number of nitrogens with one attached hydrogen (secondary N) is 2. The van der Waals surface area contributed by atoms with Crippen molar-refractivity contribution >= 4 is 17.8 Å². The molecule has 23 heavy (non-hydrogen) atoms. The molecule has 0 unspecified atom stereocenters. The van der Waals surface area contributed by atoms with Gasteiger partial charge in [0.15, 0.2) is 0 Å². The topological polar surface area (TPSA) is 84.5 Å². The Balaban J connectivity index is 2.42. The Morgan fingerprint density at radius 1 is 1.13 bits per heavy atom. The van der Waals surface area contributed by atoms with E-state index < -0.39 is 5.97 Å². The average Bonchev–Trinajstić information content (AvgIpc) is 2.50. The Hall–Kier alpha value is -2.63. The van der Waals surface area contributed by atoms with Crippen LogP contribution >= 0.6 is 0 Å². The van der Waals surface area contributed by atoms with E-state index >= 15 is 0 Å². The molecule has 0 aliphatic heterocycles. The van der Waals surface area contributed by atoms with Crippen LogP contribution in [0.1, 0.15) is 37.6 Å². The van der Waals surface area contributed by atoms with Gasteiger partial charge in [-0.3, -0.25) is 14.4 Å². The van der Waals surface area contributed by atoms with Crippen LogP contribution in [0.15, 0.2) is 35.9 Å². The second kappa shape index (κ2) is 9.40. The molecule has 0 fully saturated rings. The van der Waals surface area contributed by atoms with Gasteiger partial charge >= 0.3 is 5.97 Å². The molecule has 0 saturated heterocycles. The lowest BCUT2D eigenvalue weighted by Gasteiger charge is -2.07. The van der Waals surface area contributed by atoms with Crippen LogP contribution in [0.4, 0.5) is 0 Å². The maximum atomic E-state index is 12.0. The van der Waals surface area contributed by atoms with Crippen molar-refractivity contribution in [2.24, 2.45) is 0 Å². The highest BCUT2D eigenvalue weighted by Crippen LogP contribution is 2.13. The van der Waals surface area contributed by atoms with E-state index in [1.807, 2.05) is 13.8 Å². The number of ether oxygens (including phenoxy) is 1. The lowest BCUT2D eigenvalue weighted by Crippen LogP contribution is -2.34. The third-order valence-corrected chi connectivity index (χ3v) is 3.00. The molecule has 6 nitrogen and oxygen atoms in total. The molecule has 124 valence electrons. The molecule has 0 bridgehead atoms. The molecular formula is C17H22N2O4. The largest absolute Gasteiger partial charge is 0.427 e. The zero-order valence-corrected chi connectivity index (χ0v) is 13.6. The van der Waals surface area contributed by atoms with Crippen LogP contribution in [0.2, 0.25) is 0 Å². The summed E-state index contributed by atoms with van der Waals surface area (Å²) < 4.78 is 4.93. The van der Waals surface area contributed by atoms with E-state index in [1.165, 1.54) is 13.0 Å². The third kappa shape index (κ3) is 7.26. The summed E-state index contributed by atoms with van der Waals surface area (Å²) in [6.07, 6.45) is 2.37. The summed E-state index contributed by atoms with van der Waals surface area (Å²) in [4.78, 5) is 34.4. The quantitative estimate of drug-likeness (QED) is 0.347. The Morgan fingerprint density at radius 2 is 1.83 bits per heavy atom. The van der Waals surface area contributed by atoms with Gasteiger partial charge in [0.25, 0.3) is 5.91 Å². The van der Waals surface area contributed by atoms with E-state index in [0.29, 0.717) is 24.4 Å². The second-order valence-corrected chi connectivity index (χ2v) is 5.01. The molecule has 0 heterocycles. The minimum Gasteiger partial charge on any atom is -0.427 e. The van der Waals surface area contributed by atoms with Gasteiger partial charge in [0.05, 0.1) is 0 Å². The van der Waals surface area contributed by atoms with Gasteiger partial charge in [-0.05, 0) is 31.5 Å². The minimum atomic E-state index is -0.444. The number of hydrogen-bond acceptors (Lipinski definition) is 4. The molecular weight excluding hydrogens is 296 g/mol. The number of rotatable bonds is 7. The number of carbonyl (C=O) groups is 3. The molecule has 0 aromatic heterocycles. The van der Waals surface area contributed by atoms with E-state index in [2.05, 4.69) is 10.6 Å². The van der Waals surface area contributed by atoms with Crippen molar-refractivity contribution in [3.8, 4) is 5.75 Å². The van der Waals surface area contributed by atoms with E-state index in [-0.39, 0.29) is 11.8 Å². The van der Waals surface area contributed by atoms with Gasteiger partial charge in [-0.2, -0.15) is 0 Å². The highest BCUT2D eigenvalue weighted by atomic mass is 16.5. The molecule has 0 aliphatic rings. The van der Waals surface area contributed by atoms with Gasteiger partial charge < -0.3 is 15.4 Å². The SMILES string of the molecule is CC/C(C)=C/C(=O)NCCNC(=O)c1cccc(OC(C)=O)c1. The van der Waals surface area contributed by atoms with Gasteiger partial charge in [-0.1, -0.05) is 18.6 Å². The van der Waals surface area contributed by atoms with Crippen LogP contribution in [-0.4, -0.2) is 30.9 Å². The van der Waals surface area contributed by atoms with Crippen LogP contribution in [0.5, 0.6) is 5.75 Å². The molecule has 2 N–H and O–H groups in total. The van der Waals surface area contributed by atoms with Gasteiger partial charge in [0, 0.05) is 31.7 Å². The first-order chi connectivity index (χ1) is 10.9. The Labute approximate surface area is 135 Å². The van der Waals surface area contributed by atoms with Crippen molar-refractivity contribution < 1.29 is 19.1 Å². The van der Waals surface area contributed by atoms with Crippen molar-refractivity contribution in [3.05, 3.63) is 41.5 Å². The maximum Gasteiger partial charge on any atom is 0.308 e. The van der Waals surface area contributed by atoms with Crippen LogP contribution in [0.25, 0.3) is 0 Å². The average molecular weight is 318 g/mol. The minimum absolute atomic E-state index is 0.171. The third-order valence-electron chi connectivity index (χ3n) is 3.00. The first-order valence-electron chi connectivity index (χ1n) is 7.44. The number of carbonyl (C=O) groups excluding carboxylic acids is 3. The van der Waals surface area contributed by atoms with Crippen molar-refractivity contribution in [1.82, 2.24) is 10.6 Å². The summed E-state index contributed by atoms with van der Waals surface area (Å²) in [6, 6.07) is 6.34. The van der Waals surface area contributed by atoms with E-state index in [4.69, 9.17) is 4.74 Å². The highest BCUT2D eigenvalue weighted by Gasteiger charge is 2.07. The second-order valence-electron chi connectivity index (χ2n) is 5.01. The first-order valence-corrected chi connectivity index (χ1v) is 7.44. The number of esters is 1. The lowest BCUT2D eigenvalue weighted by atomic mass is 10.2. The summed E-state index contributed by atoms with van der Waals surface area (Å²) in [5, 5.41) is 5.38. The lowest BCUT2D eigenvalue weighted by molar-refractivity contribution is -0.131. The molecule has 0 aliphatic carbocycles. The standard InChI is InChI=1S/C17H22N2O4/c1-4-12(2)10-16(21)18-8-9-19-17(22)14-6-5-7-15(11-14)23-13(3)20/h5-7,10-11H,4,8-9H2,1-3H3,(H,18,21)(H,19,22)/b12-10+. The number of amides is 2. The predicted octanol–water partition coefficient (Wildman–Crippen LogP) is 1.81. The van der Waals surface area contributed by atoms with Crippen molar-refractivity contribution in [1.29, 1.82) is 0 Å². The summed E-state index contributed by atoms with van der Waals surface area (Å²) in [5.74, 6) is -0.594. The summed E-state index contributed by atoms with van der Waals surface area (Å²) in [7, 11) is 0.